The van der Waals surface area contributed by atoms with E-state index in [1.807, 2.05) is 27.7 Å². The van der Waals surface area contributed by atoms with Gasteiger partial charge in [-0.2, -0.15) is 0 Å². The molecule has 0 aromatic carbocycles. The minimum absolute atomic E-state index is 0.0739. The molecule has 4 fully saturated rings. The SMILES string of the molecule is CCC[C@@](NC(=O)[C@@H]1[C@H]2CCC[C@H]2CN1C(=O)[C@@H](NC(=O)[C@@H](NC(=O)c1cnccn1)C1CCCCC1)C(C)(C)C)(NC1CC1)C(O)C=O. The number of amides is 4. The first-order valence-corrected chi connectivity index (χ1v) is 18.3. The van der Waals surface area contributed by atoms with Crippen LogP contribution in [0.1, 0.15) is 115 Å². The van der Waals surface area contributed by atoms with Crippen molar-refractivity contribution in [3.63, 3.8) is 0 Å². The average molecular weight is 682 g/mol. The van der Waals surface area contributed by atoms with Gasteiger partial charge in [0.1, 0.15) is 35.6 Å². The first-order chi connectivity index (χ1) is 23.4. The van der Waals surface area contributed by atoms with Gasteiger partial charge in [0, 0.05) is 25.0 Å². The molecule has 5 rings (SSSR count). The quantitative estimate of drug-likeness (QED) is 0.145. The highest BCUT2D eigenvalue weighted by Gasteiger charge is 2.54. The third kappa shape index (κ3) is 8.48. The molecule has 4 amide bonds. The molecule has 1 aromatic rings. The lowest BCUT2D eigenvalue weighted by Gasteiger charge is -2.41. The van der Waals surface area contributed by atoms with E-state index in [1.54, 1.807) is 4.90 Å². The van der Waals surface area contributed by atoms with Crippen molar-refractivity contribution in [3.8, 4) is 0 Å². The molecule has 3 saturated carbocycles. The summed E-state index contributed by atoms with van der Waals surface area (Å²) < 4.78 is 0. The number of rotatable bonds is 14. The molecule has 0 spiro atoms. The van der Waals surface area contributed by atoms with Gasteiger partial charge in [-0.15, -0.1) is 0 Å². The van der Waals surface area contributed by atoms with Crippen LogP contribution in [0.25, 0.3) is 0 Å². The Labute approximate surface area is 289 Å². The molecule has 49 heavy (non-hydrogen) atoms. The van der Waals surface area contributed by atoms with Crippen LogP contribution in [0.15, 0.2) is 18.6 Å². The van der Waals surface area contributed by atoms with Crippen LogP contribution < -0.4 is 21.3 Å². The van der Waals surface area contributed by atoms with E-state index in [2.05, 4.69) is 31.2 Å². The Hall–Kier alpha value is -3.45. The fourth-order valence-corrected chi connectivity index (χ4v) is 8.29. The van der Waals surface area contributed by atoms with Gasteiger partial charge >= 0.3 is 0 Å². The van der Waals surface area contributed by atoms with Crippen molar-refractivity contribution in [2.24, 2.45) is 23.2 Å². The standard InChI is InChI=1S/C36H55N7O6/c1-5-16-36(27(45)21-44,41-24-14-15-24)42-33(48)29-25-13-9-12-23(25)20-43(29)34(49)30(35(2,3)4)40-32(47)28(22-10-7-6-8-11-22)39-31(46)26-19-37-17-18-38-26/h17-19,21-25,27-30,41,45H,5-16,20H2,1-4H3,(H,39,46)(H,40,47)(H,42,48)/t23-,25-,27?,28-,29-,30+,36-/m0/s1. The second-order valence-corrected chi connectivity index (χ2v) is 15.7. The van der Waals surface area contributed by atoms with E-state index >= 15 is 0 Å². The van der Waals surface area contributed by atoms with Crippen molar-refractivity contribution in [1.82, 2.24) is 36.1 Å². The number of aldehydes is 1. The van der Waals surface area contributed by atoms with Gasteiger partial charge in [-0.1, -0.05) is 59.8 Å². The molecular weight excluding hydrogens is 626 g/mol. The molecule has 1 aliphatic heterocycles. The van der Waals surface area contributed by atoms with Gasteiger partial charge in [0.15, 0.2) is 6.29 Å². The maximum Gasteiger partial charge on any atom is 0.272 e. The number of nitrogens with zero attached hydrogens (tertiary/aromatic N) is 3. The predicted octanol–water partition coefficient (Wildman–Crippen LogP) is 2.24. The molecule has 270 valence electrons. The first-order valence-electron chi connectivity index (χ1n) is 18.3. The molecule has 13 nitrogen and oxygen atoms in total. The van der Waals surface area contributed by atoms with E-state index in [4.69, 9.17) is 0 Å². The van der Waals surface area contributed by atoms with Crippen LogP contribution in [0.2, 0.25) is 0 Å². The number of hydrogen-bond donors (Lipinski definition) is 5. The summed E-state index contributed by atoms with van der Waals surface area (Å²) in [6.45, 7) is 7.94. The fourth-order valence-electron chi connectivity index (χ4n) is 8.29. The van der Waals surface area contributed by atoms with Gasteiger partial charge < -0.3 is 30.8 Å². The molecule has 5 N–H and O–H groups in total. The summed E-state index contributed by atoms with van der Waals surface area (Å²) >= 11 is 0. The summed E-state index contributed by atoms with van der Waals surface area (Å²) in [5.74, 6) is -1.76. The Balaban J connectivity index is 1.40. The van der Waals surface area contributed by atoms with E-state index < -0.39 is 53.0 Å². The number of carbonyl (C=O) groups is 5. The molecule has 7 atom stereocenters. The Morgan fingerprint density at radius 1 is 1.00 bits per heavy atom. The molecule has 13 heteroatoms. The number of aliphatic hydroxyl groups is 1. The van der Waals surface area contributed by atoms with Crippen LogP contribution in [0.5, 0.6) is 0 Å². The zero-order valence-electron chi connectivity index (χ0n) is 29.5. The average Bonchev–Trinajstić information content (AvgIpc) is 3.64. The van der Waals surface area contributed by atoms with Gasteiger partial charge in [-0.05, 0) is 68.1 Å². The Kier molecular flexibility index (Phi) is 11.7. The Morgan fingerprint density at radius 3 is 2.35 bits per heavy atom. The maximum absolute atomic E-state index is 14.7. The number of carbonyl (C=O) groups excluding carboxylic acids is 5. The summed E-state index contributed by atoms with van der Waals surface area (Å²) in [4.78, 5) is 78.1. The fraction of sp³-hybridized carbons (Fsp3) is 0.750. The van der Waals surface area contributed by atoms with E-state index in [-0.39, 0.29) is 35.4 Å². The molecule has 2 heterocycles. The van der Waals surface area contributed by atoms with Crippen molar-refractivity contribution in [2.45, 2.75) is 141 Å². The van der Waals surface area contributed by atoms with Crippen molar-refractivity contribution < 1.29 is 29.1 Å². The normalized spacial score (nSPS) is 25.7. The zero-order valence-corrected chi connectivity index (χ0v) is 29.5. The lowest BCUT2D eigenvalue weighted by Crippen LogP contribution is -2.69. The molecular formula is C36H55N7O6. The third-order valence-corrected chi connectivity index (χ3v) is 11.0. The molecule has 1 unspecified atom stereocenters. The second-order valence-electron chi connectivity index (χ2n) is 15.7. The summed E-state index contributed by atoms with van der Waals surface area (Å²) in [6.07, 6.45) is 13.1. The largest absolute Gasteiger partial charge is 0.382 e. The van der Waals surface area contributed by atoms with Crippen LogP contribution in [0.3, 0.4) is 0 Å². The summed E-state index contributed by atoms with van der Waals surface area (Å²) in [7, 11) is 0. The highest BCUT2D eigenvalue weighted by atomic mass is 16.3. The summed E-state index contributed by atoms with van der Waals surface area (Å²) in [5, 5.41) is 23.2. The van der Waals surface area contributed by atoms with Gasteiger partial charge in [-0.25, -0.2) is 4.98 Å². The minimum atomic E-state index is -1.46. The maximum atomic E-state index is 14.7. The topological polar surface area (TPSA) is 183 Å². The lowest BCUT2D eigenvalue weighted by atomic mass is 9.82. The van der Waals surface area contributed by atoms with Crippen molar-refractivity contribution in [2.75, 3.05) is 6.54 Å². The molecule has 1 aromatic heterocycles. The van der Waals surface area contributed by atoms with Crippen LogP contribution in [-0.2, 0) is 19.2 Å². The smallest absolute Gasteiger partial charge is 0.272 e. The second kappa shape index (κ2) is 15.6. The number of aliphatic hydroxyl groups excluding tert-OH is 1. The van der Waals surface area contributed by atoms with E-state index in [0.29, 0.717) is 25.7 Å². The van der Waals surface area contributed by atoms with Gasteiger partial charge in [0.05, 0.1) is 6.20 Å². The minimum Gasteiger partial charge on any atom is -0.382 e. The predicted molar refractivity (Wildman–Crippen MR) is 182 cm³/mol. The summed E-state index contributed by atoms with van der Waals surface area (Å²) in [5.41, 5.74) is -1.97. The third-order valence-electron chi connectivity index (χ3n) is 11.0. The van der Waals surface area contributed by atoms with Gasteiger partial charge in [0.25, 0.3) is 5.91 Å². The highest BCUT2D eigenvalue weighted by molar-refractivity contribution is 5.98. The van der Waals surface area contributed by atoms with Crippen molar-refractivity contribution in [1.29, 1.82) is 0 Å². The highest BCUT2D eigenvalue weighted by Crippen LogP contribution is 2.43. The van der Waals surface area contributed by atoms with Gasteiger partial charge in [0.2, 0.25) is 17.7 Å². The molecule has 1 saturated heterocycles. The lowest BCUT2D eigenvalue weighted by molar-refractivity contribution is -0.146. The van der Waals surface area contributed by atoms with Gasteiger partial charge in [-0.3, -0.25) is 29.5 Å². The van der Waals surface area contributed by atoms with Crippen molar-refractivity contribution >= 4 is 29.9 Å². The van der Waals surface area contributed by atoms with Crippen LogP contribution >= 0.6 is 0 Å². The van der Waals surface area contributed by atoms with Crippen LogP contribution in [0.4, 0.5) is 0 Å². The molecule has 0 bridgehead atoms. The van der Waals surface area contributed by atoms with Crippen LogP contribution in [-0.4, -0.2) is 92.4 Å². The number of hydrogen-bond acceptors (Lipinski definition) is 9. The van der Waals surface area contributed by atoms with Crippen LogP contribution in [0, 0.1) is 23.2 Å². The van der Waals surface area contributed by atoms with E-state index in [9.17, 15) is 29.1 Å². The monoisotopic (exact) mass is 681 g/mol. The first kappa shape index (κ1) is 36.8. The molecule has 3 aliphatic carbocycles. The number of likely N-dealkylation sites (tertiary alicyclic amines) is 1. The number of aromatic nitrogens is 2. The van der Waals surface area contributed by atoms with E-state index in [0.717, 1.165) is 64.2 Å². The number of nitrogens with one attached hydrogen (secondary N) is 4. The molecule has 0 radical (unpaired) electrons. The Morgan fingerprint density at radius 2 is 1.73 bits per heavy atom. The Bertz CT molecular complexity index is 1340. The van der Waals surface area contributed by atoms with E-state index in [1.165, 1.54) is 18.6 Å². The zero-order chi connectivity index (χ0) is 35.3. The number of fused-ring (bicyclic) bond motifs is 1. The molecule has 4 aliphatic rings. The van der Waals surface area contributed by atoms with Crippen molar-refractivity contribution in [3.05, 3.63) is 24.3 Å². The summed E-state index contributed by atoms with van der Waals surface area (Å²) in [6, 6.07) is -2.59.